The van der Waals surface area contributed by atoms with Crippen LogP contribution in [0.2, 0.25) is 0 Å². The van der Waals surface area contributed by atoms with E-state index in [1.54, 1.807) is 16.7 Å². The average Bonchev–Trinajstić information content (AvgIpc) is 3.32. The first-order valence-electron chi connectivity index (χ1n) is 9.19. The molecule has 2 aliphatic heterocycles. The number of tetrazole rings is 1. The van der Waals surface area contributed by atoms with E-state index in [0.717, 1.165) is 5.56 Å². The van der Waals surface area contributed by atoms with Crippen LogP contribution in [0, 0.1) is 0 Å². The van der Waals surface area contributed by atoms with E-state index < -0.39 is 11.6 Å². The quantitative estimate of drug-likeness (QED) is 0.762. The Balaban J connectivity index is 1.48. The fourth-order valence-electron chi connectivity index (χ4n) is 3.90. The van der Waals surface area contributed by atoms with Crippen molar-refractivity contribution in [1.29, 1.82) is 0 Å². The van der Waals surface area contributed by atoms with Gasteiger partial charge in [0, 0.05) is 19.6 Å². The number of likely N-dealkylation sites (tertiary alicyclic amines) is 1. The zero-order valence-corrected chi connectivity index (χ0v) is 15.5. The first-order chi connectivity index (χ1) is 13.5. The number of nitrogens with one attached hydrogen (secondary N) is 1. The summed E-state index contributed by atoms with van der Waals surface area (Å²) in [5.74, 6) is -0.393. The molecule has 2 fully saturated rings. The largest absolute Gasteiger partial charge is 0.341 e. The van der Waals surface area contributed by atoms with Crippen LogP contribution in [0.1, 0.15) is 31.4 Å². The second kappa shape index (κ2) is 7.02. The maximum atomic E-state index is 12.7. The predicted octanol–water partition coefficient (Wildman–Crippen LogP) is 0.347. The molecule has 0 aliphatic carbocycles. The van der Waals surface area contributed by atoms with Gasteiger partial charge < -0.3 is 9.80 Å². The molecule has 1 aromatic heterocycles. The number of imide groups is 1. The summed E-state index contributed by atoms with van der Waals surface area (Å²) in [6.07, 6.45) is 2.19. The molecule has 0 bridgehead atoms. The first kappa shape index (κ1) is 18.1. The van der Waals surface area contributed by atoms with Crippen LogP contribution in [-0.2, 0) is 16.1 Å². The van der Waals surface area contributed by atoms with Crippen LogP contribution in [0.5, 0.6) is 0 Å². The lowest BCUT2D eigenvalue weighted by Gasteiger charge is -2.42. The van der Waals surface area contributed by atoms with Gasteiger partial charge in [-0.05, 0) is 35.8 Å². The van der Waals surface area contributed by atoms with Gasteiger partial charge in [0.05, 0.1) is 0 Å². The third kappa shape index (κ3) is 3.00. The average molecular weight is 383 g/mol. The molecule has 0 unspecified atom stereocenters. The molecule has 2 aliphatic rings. The van der Waals surface area contributed by atoms with E-state index in [1.165, 1.54) is 11.0 Å². The number of benzene rings is 1. The summed E-state index contributed by atoms with van der Waals surface area (Å²) in [6, 6.07) is 8.66. The molecule has 3 heterocycles. The molecule has 0 saturated carbocycles. The topological polar surface area (TPSA) is 113 Å². The van der Waals surface area contributed by atoms with Gasteiger partial charge in [-0.1, -0.05) is 30.3 Å². The van der Waals surface area contributed by atoms with E-state index in [0.29, 0.717) is 32.5 Å². The Morgan fingerprint density at radius 1 is 1.21 bits per heavy atom. The van der Waals surface area contributed by atoms with E-state index in [4.69, 9.17) is 0 Å². The molecule has 10 nitrogen and oxygen atoms in total. The number of carbonyl (C=O) groups is 3. The highest BCUT2D eigenvalue weighted by Crippen LogP contribution is 2.35. The lowest BCUT2D eigenvalue weighted by Crippen LogP contribution is -2.57. The van der Waals surface area contributed by atoms with E-state index >= 15 is 0 Å². The lowest BCUT2D eigenvalue weighted by molar-refractivity contribution is -0.140. The number of amides is 4. The summed E-state index contributed by atoms with van der Waals surface area (Å²) in [7, 11) is 0. The van der Waals surface area contributed by atoms with Crippen molar-refractivity contribution < 1.29 is 14.4 Å². The Kier molecular flexibility index (Phi) is 4.54. The number of urea groups is 1. The van der Waals surface area contributed by atoms with Gasteiger partial charge in [0.15, 0.2) is 0 Å². The number of aromatic nitrogens is 4. The molecule has 2 saturated heterocycles. The molecule has 10 heteroatoms. The highest BCUT2D eigenvalue weighted by molar-refractivity contribution is 6.07. The van der Waals surface area contributed by atoms with E-state index in [-0.39, 0.29) is 17.8 Å². The minimum atomic E-state index is -0.915. The molecule has 1 atom stereocenters. The third-order valence-electron chi connectivity index (χ3n) is 5.61. The smallest absolute Gasteiger partial charge is 0.325 e. The van der Waals surface area contributed by atoms with Crippen LogP contribution in [0.3, 0.4) is 0 Å². The zero-order valence-electron chi connectivity index (χ0n) is 15.5. The Morgan fingerprint density at radius 2 is 1.93 bits per heavy atom. The molecular formula is C18H21N7O3. The van der Waals surface area contributed by atoms with Crippen molar-refractivity contribution in [3.63, 3.8) is 0 Å². The summed E-state index contributed by atoms with van der Waals surface area (Å²) >= 11 is 0. The van der Waals surface area contributed by atoms with Crippen molar-refractivity contribution in [2.45, 2.75) is 37.9 Å². The van der Waals surface area contributed by atoms with Gasteiger partial charge in [-0.2, -0.15) is 0 Å². The fraction of sp³-hybridized carbons (Fsp3) is 0.444. The van der Waals surface area contributed by atoms with Gasteiger partial charge in [-0.15, -0.1) is 5.10 Å². The van der Waals surface area contributed by atoms with Crippen molar-refractivity contribution >= 4 is 17.8 Å². The Bertz CT molecular complexity index is 876. The molecule has 146 valence electrons. The van der Waals surface area contributed by atoms with Crippen LogP contribution in [0.4, 0.5) is 4.79 Å². The fourth-order valence-corrected chi connectivity index (χ4v) is 3.90. The number of carbonyl (C=O) groups excluding carboxylic acids is 3. The number of hydrogen-bond acceptors (Lipinski definition) is 6. The minimum Gasteiger partial charge on any atom is -0.341 e. The number of piperidine rings is 1. The maximum Gasteiger partial charge on any atom is 0.325 e. The van der Waals surface area contributed by atoms with Crippen LogP contribution >= 0.6 is 0 Å². The Labute approximate surface area is 161 Å². The molecule has 1 N–H and O–H groups in total. The highest BCUT2D eigenvalue weighted by atomic mass is 16.2. The standard InChI is InChI=1S/C18H21N7O3/c1-13(25-12-19-21-22-25)15(26)23-9-7-18(8-10-23)16(27)20-17(28)24(18)11-14-5-3-2-4-6-14/h2-6,12-13H,7-11H2,1H3,(H,20,27,28)/t13-/m0/s1. The highest BCUT2D eigenvalue weighted by Gasteiger charge is 2.54. The summed E-state index contributed by atoms with van der Waals surface area (Å²) in [4.78, 5) is 41.1. The second-order valence-electron chi connectivity index (χ2n) is 7.15. The summed E-state index contributed by atoms with van der Waals surface area (Å²) in [5, 5.41) is 13.3. The van der Waals surface area contributed by atoms with Crippen molar-refractivity contribution in [2.75, 3.05) is 13.1 Å². The van der Waals surface area contributed by atoms with Crippen LogP contribution in [0.15, 0.2) is 36.7 Å². The summed E-state index contributed by atoms with van der Waals surface area (Å²) < 4.78 is 1.40. The van der Waals surface area contributed by atoms with Crippen molar-refractivity contribution in [3.8, 4) is 0 Å². The monoisotopic (exact) mass is 383 g/mol. The first-order valence-corrected chi connectivity index (χ1v) is 9.19. The molecule has 28 heavy (non-hydrogen) atoms. The molecule has 2 aromatic rings. The normalized spacial score (nSPS) is 19.8. The summed E-state index contributed by atoms with van der Waals surface area (Å²) in [6.45, 7) is 2.86. The Morgan fingerprint density at radius 3 is 2.57 bits per heavy atom. The second-order valence-corrected chi connectivity index (χ2v) is 7.15. The van der Waals surface area contributed by atoms with Crippen LogP contribution in [0.25, 0.3) is 0 Å². The van der Waals surface area contributed by atoms with E-state index in [1.807, 2.05) is 30.3 Å². The predicted molar refractivity (Wildman–Crippen MR) is 96.6 cm³/mol. The molecule has 4 rings (SSSR count). The zero-order chi connectivity index (χ0) is 19.7. The third-order valence-corrected chi connectivity index (χ3v) is 5.61. The van der Waals surface area contributed by atoms with E-state index in [2.05, 4.69) is 20.8 Å². The number of nitrogens with zero attached hydrogens (tertiary/aromatic N) is 6. The minimum absolute atomic E-state index is 0.110. The van der Waals surface area contributed by atoms with Gasteiger partial charge in [-0.3, -0.25) is 14.9 Å². The molecule has 4 amide bonds. The van der Waals surface area contributed by atoms with Crippen LogP contribution < -0.4 is 5.32 Å². The van der Waals surface area contributed by atoms with Gasteiger partial charge >= 0.3 is 6.03 Å². The number of hydrogen-bond donors (Lipinski definition) is 1. The Hall–Kier alpha value is -3.30. The SMILES string of the molecule is C[C@@H](C(=O)N1CCC2(CC1)C(=O)NC(=O)N2Cc1ccccc1)n1cnnn1. The maximum absolute atomic E-state index is 12.7. The van der Waals surface area contributed by atoms with Gasteiger partial charge in [0.1, 0.15) is 17.9 Å². The number of rotatable bonds is 4. The lowest BCUT2D eigenvalue weighted by atomic mass is 9.85. The van der Waals surface area contributed by atoms with Gasteiger partial charge in [-0.25, -0.2) is 9.48 Å². The molecule has 0 radical (unpaired) electrons. The van der Waals surface area contributed by atoms with Crippen molar-refractivity contribution in [1.82, 2.24) is 35.3 Å². The van der Waals surface area contributed by atoms with E-state index in [9.17, 15) is 14.4 Å². The van der Waals surface area contributed by atoms with Crippen LogP contribution in [-0.4, -0.2) is 66.5 Å². The molecule has 1 aromatic carbocycles. The van der Waals surface area contributed by atoms with Crippen molar-refractivity contribution in [2.24, 2.45) is 0 Å². The van der Waals surface area contributed by atoms with Gasteiger partial charge in [0.25, 0.3) is 5.91 Å². The van der Waals surface area contributed by atoms with Gasteiger partial charge in [0.2, 0.25) is 5.91 Å². The van der Waals surface area contributed by atoms with Crippen molar-refractivity contribution in [3.05, 3.63) is 42.2 Å². The molecular weight excluding hydrogens is 362 g/mol. The summed E-state index contributed by atoms with van der Waals surface area (Å²) in [5.41, 5.74) is 0.0411. The molecule has 1 spiro atoms.